The number of fused-ring (bicyclic) bond motifs is 1. The standard InChI is InChI=1S/C26H24N2O3/c1-18(29)28-26(25(30)31,16-21-17-27-23-15-9-8-14-22(21)23)24(19-10-4-2-5-11-19)20-12-6-3-7-13-20/h2-15,17,24,27H,16H2,1H3,(H,28,29)(H,30,31)/t26-/m1/s1. The zero-order chi connectivity index (χ0) is 21.8. The lowest BCUT2D eigenvalue weighted by Gasteiger charge is -2.38. The van der Waals surface area contributed by atoms with Gasteiger partial charge in [0.2, 0.25) is 5.91 Å². The van der Waals surface area contributed by atoms with Gasteiger partial charge in [-0.2, -0.15) is 0 Å². The van der Waals surface area contributed by atoms with Crippen molar-refractivity contribution in [3.63, 3.8) is 0 Å². The van der Waals surface area contributed by atoms with Gasteiger partial charge in [0.1, 0.15) is 0 Å². The number of aromatic nitrogens is 1. The van der Waals surface area contributed by atoms with Gasteiger partial charge in [0, 0.05) is 36.4 Å². The predicted octanol–water partition coefficient (Wildman–Crippen LogP) is 4.50. The molecule has 31 heavy (non-hydrogen) atoms. The number of aliphatic carboxylic acids is 1. The Bertz CT molecular complexity index is 1160. The molecule has 3 N–H and O–H groups in total. The summed E-state index contributed by atoms with van der Waals surface area (Å²) in [7, 11) is 0. The summed E-state index contributed by atoms with van der Waals surface area (Å²) in [5.74, 6) is -2.06. The first kappa shape index (κ1) is 20.4. The van der Waals surface area contributed by atoms with E-state index in [0.717, 1.165) is 27.6 Å². The number of carbonyl (C=O) groups is 2. The Hall–Kier alpha value is -3.86. The van der Waals surface area contributed by atoms with Gasteiger partial charge in [-0.1, -0.05) is 78.9 Å². The smallest absolute Gasteiger partial charge is 0.330 e. The second kappa shape index (κ2) is 8.48. The van der Waals surface area contributed by atoms with Crippen LogP contribution in [-0.4, -0.2) is 27.5 Å². The molecule has 0 spiro atoms. The van der Waals surface area contributed by atoms with E-state index in [0.29, 0.717) is 0 Å². The molecule has 156 valence electrons. The number of amides is 1. The van der Waals surface area contributed by atoms with Crippen molar-refractivity contribution in [1.82, 2.24) is 10.3 Å². The predicted molar refractivity (Wildman–Crippen MR) is 121 cm³/mol. The van der Waals surface area contributed by atoms with Crippen LogP contribution in [0.4, 0.5) is 0 Å². The zero-order valence-electron chi connectivity index (χ0n) is 17.2. The van der Waals surface area contributed by atoms with E-state index >= 15 is 0 Å². The van der Waals surface area contributed by atoms with E-state index in [4.69, 9.17) is 0 Å². The number of carboxylic acids is 1. The SMILES string of the molecule is CC(=O)N[C@@](Cc1c[nH]c2ccccc12)(C(=O)O)C(c1ccccc1)c1ccccc1. The van der Waals surface area contributed by atoms with E-state index in [1.807, 2.05) is 91.1 Å². The molecule has 5 nitrogen and oxygen atoms in total. The number of carboxylic acid groups (broad SMARTS) is 1. The van der Waals surface area contributed by atoms with Gasteiger partial charge >= 0.3 is 5.97 Å². The molecule has 5 heteroatoms. The summed E-state index contributed by atoms with van der Waals surface area (Å²) in [6.07, 6.45) is 1.96. The Morgan fingerprint density at radius 2 is 1.45 bits per heavy atom. The Balaban J connectivity index is 1.95. The fourth-order valence-electron chi connectivity index (χ4n) is 4.42. The van der Waals surface area contributed by atoms with Crippen molar-refractivity contribution in [3.05, 3.63) is 108 Å². The molecule has 0 bridgehead atoms. The van der Waals surface area contributed by atoms with Crippen LogP contribution >= 0.6 is 0 Å². The molecular formula is C26H24N2O3. The minimum Gasteiger partial charge on any atom is -0.479 e. The molecular weight excluding hydrogens is 388 g/mol. The molecule has 0 aliphatic carbocycles. The number of carbonyl (C=O) groups excluding carboxylic acids is 1. The van der Waals surface area contributed by atoms with Gasteiger partial charge in [-0.3, -0.25) is 4.79 Å². The summed E-state index contributed by atoms with van der Waals surface area (Å²) in [5.41, 5.74) is 1.83. The van der Waals surface area contributed by atoms with E-state index < -0.39 is 17.4 Å². The van der Waals surface area contributed by atoms with Crippen molar-refractivity contribution in [2.24, 2.45) is 0 Å². The molecule has 0 saturated carbocycles. The van der Waals surface area contributed by atoms with Gasteiger partial charge in [0.05, 0.1) is 0 Å². The van der Waals surface area contributed by atoms with Gasteiger partial charge in [-0.25, -0.2) is 4.79 Å². The van der Waals surface area contributed by atoms with Crippen molar-refractivity contribution in [2.45, 2.75) is 24.8 Å². The molecule has 4 aromatic rings. The highest BCUT2D eigenvalue weighted by Crippen LogP contribution is 2.39. The van der Waals surface area contributed by atoms with Crippen LogP contribution in [0.1, 0.15) is 29.5 Å². The fraction of sp³-hybridized carbons (Fsp3) is 0.154. The summed E-state index contributed by atoms with van der Waals surface area (Å²) < 4.78 is 0. The van der Waals surface area contributed by atoms with E-state index in [-0.39, 0.29) is 12.3 Å². The first-order chi connectivity index (χ1) is 15.0. The monoisotopic (exact) mass is 412 g/mol. The lowest BCUT2D eigenvalue weighted by Crippen LogP contribution is -2.59. The third kappa shape index (κ3) is 3.94. The van der Waals surface area contributed by atoms with Crippen LogP contribution < -0.4 is 5.32 Å². The molecule has 1 aromatic heterocycles. The molecule has 1 amide bonds. The number of hydrogen-bond acceptors (Lipinski definition) is 2. The van der Waals surface area contributed by atoms with Crippen molar-refractivity contribution in [2.75, 3.05) is 0 Å². The van der Waals surface area contributed by atoms with Crippen LogP contribution in [0.15, 0.2) is 91.1 Å². The molecule has 1 atom stereocenters. The first-order valence-electron chi connectivity index (χ1n) is 10.2. The molecule has 1 heterocycles. The average Bonchev–Trinajstić information content (AvgIpc) is 3.17. The highest BCUT2D eigenvalue weighted by Gasteiger charge is 2.48. The second-order valence-electron chi connectivity index (χ2n) is 7.75. The van der Waals surface area contributed by atoms with Gasteiger partial charge in [-0.05, 0) is 22.8 Å². The van der Waals surface area contributed by atoms with Gasteiger partial charge in [-0.15, -0.1) is 0 Å². The Morgan fingerprint density at radius 1 is 0.903 bits per heavy atom. The second-order valence-corrected chi connectivity index (χ2v) is 7.75. The third-order valence-corrected chi connectivity index (χ3v) is 5.68. The first-order valence-corrected chi connectivity index (χ1v) is 10.2. The summed E-state index contributed by atoms with van der Waals surface area (Å²) in [5, 5.41) is 14.4. The quantitative estimate of drug-likeness (QED) is 0.418. The Morgan fingerprint density at radius 3 is 2.00 bits per heavy atom. The number of aromatic amines is 1. The average molecular weight is 412 g/mol. The van der Waals surface area contributed by atoms with Crippen LogP contribution in [0.5, 0.6) is 0 Å². The molecule has 0 fully saturated rings. The van der Waals surface area contributed by atoms with Gasteiger partial charge in [0.15, 0.2) is 5.54 Å². The summed E-state index contributed by atoms with van der Waals surface area (Å²) in [4.78, 5) is 28.5. The number of H-pyrrole nitrogens is 1. The topological polar surface area (TPSA) is 82.2 Å². The van der Waals surface area contributed by atoms with Crippen LogP contribution in [0, 0.1) is 0 Å². The number of benzene rings is 3. The summed E-state index contributed by atoms with van der Waals surface area (Å²) in [6, 6.07) is 26.7. The van der Waals surface area contributed by atoms with E-state index in [1.165, 1.54) is 6.92 Å². The highest BCUT2D eigenvalue weighted by atomic mass is 16.4. The molecule has 0 radical (unpaired) electrons. The lowest BCUT2D eigenvalue weighted by molar-refractivity contribution is -0.148. The van der Waals surface area contributed by atoms with Crippen LogP contribution in [0.3, 0.4) is 0 Å². The fourth-order valence-corrected chi connectivity index (χ4v) is 4.42. The summed E-state index contributed by atoms with van der Waals surface area (Å²) >= 11 is 0. The Labute approximate surface area is 180 Å². The zero-order valence-corrected chi connectivity index (χ0v) is 17.2. The molecule has 0 aliphatic heterocycles. The Kier molecular flexibility index (Phi) is 5.58. The van der Waals surface area contributed by atoms with Crippen LogP contribution in [0.25, 0.3) is 10.9 Å². The van der Waals surface area contributed by atoms with Gasteiger partial charge < -0.3 is 15.4 Å². The molecule has 4 rings (SSSR count). The highest BCUT2D eigenvalue weighted by molar-refractivity contribution is 5.90. The van der Waals surface area contributed by atoms with Crippen molar-refractivity contribution in [1.29, 1.82) is 0 Å². The largest absolute Gasteiger partial charge is 0.479 e. The molecule has 0 aliphatic rings. The van der Waals surface area contributed by atoms with E-state index in [2.05, 4.69) is 10.3 Å². The normalized spacial score (nSPS) is 13.1. The van der Waals surface area contributed by atoms with Gasteiger partial charge in [0.25, 0.3) is 0 Å². The number of hydrogen-bond donors (Lipinski definition) is 3. The number of rotatable bonds is 7. The molecule has 0 saturated heterocycles. The van der Waals surface area contributed by atoms with E-state index in [1.54, 1.807) is 0 Å². The van der Waals surface area contributed by atoms with Crippen LogP contribution in [0.2, 0.25) is 0 Å². The number of para-hydroxylation sites is 1. The van der Waals surface area contributed by atoms with Crippen molar-refractivity contribution in [3.8, 4) is 0 Å². The number of nitrogens with one attached hydrogen (secondary N) is 2. The maximum absolute atomic E-state index is 13.0. The third-order valence-electron chi connectivity index (χ3n) is 5.68. The minimum atomic E-state index is -1.58. The van der Waals surface area contributed by atoms with E-state index in [9.17, 15) is 14.7 Å². The maximum atomic E-state index is 13.0. The van der Waals surface area contributed by atoms with Crippen molar-refractivity contribution < 1.29 is 14.7 Å². The minimum absolute atomic E-state index is 0.125. The lowest BCUT2D eigenvalue weighted by atomic mass is 9.71. The summed E-state index contributed by atoms with van der Waals surface area (Å²) in [6.45, 7) is 1.36. The molecule has 0 unspecified atom stereocenters. The molecule has 3 aromatic carbocycles. The van der Waals surface area contributed by atoms with Crippen LogP contribution in [-0.2, 0) is 16.0 Å². The maximum Gasteiger partial charge on any atom is 0.330 e. The van der Waals surface area contributed by atoms with Crippen molar-refractivity contribution >= 4 is 22.8 Å².